The molecule has 2 aromatic rings. The van der Waals surface area contributed by atoms with Gasteiger partial charge in [0.25, 0.3) is 0 Å². The normalized spacial score (nSPS) is 18.8. The van der Waals surface area contributed by atoms with Gasteiger partial charge in [-0.05, 0) is 67.3 Å². The highest BCUT2D eigenvalue weighted by molar-refractivity contribution is 5.36. The number of aliphatic hydroxyl groups is 2. The van der Waals surface area contributed by atoms with Crippen molar-refractivity contribution in [1.29, 1.82) is 0 Å². The first-order valence-corrected chi connectivity index (χ1v) is 10.4. The van der Waals surface area contributed by atoms with Gasteiger partial charge in [0, 0.05) is 13.1 Å². The fourth-order valence-electron chi connectivity index (χ4n) is 3.59. The number of ether oxygens (including phenoxy) is 2. The lowest BCUT2D eigenvalue weighted by Gasteiger charge is -2.30. The molecule has 3 rings (SSSR count). The first-order valence-electron chi connectivity index (χ1n) is 10.4. The van der Waals surface area contributed by atoms with Gasteiger partial charge in [0.2, 0.25) is 0 Å². The van der Waals surface area contributed by atoms with Crippen LogP contribution >= 0.6 is 0 Å². The average Bonchev–Trinajstić information content (AvgIpc) is 2.74. The summed E-state index contributed by atoms with van der Waals surface area (Å²) in [6.07, 6.45) is 0.294. The summed E-state index contributed by atoms with van der Waals surface area (Å²) >= 11 is 0. The minimum absolute atomic E-state index is 0.234. The van der Waals surface area contributed by atoms with E-state index in [-0.39, 0.29) is 24.7 Å². The van der Waals surface area contributed by atoms with Gasteiger partial charge in [-0.3, -0.25) is 0 Å². The molecule has 3 N–H and O–H groups in total. The summed E-state index contributed by atoms with van der Waals surface area (Å²) in [5, 5.41) is 24.1. The second-order valence-corrected chi connectivity index (χ2v) is 7.64. The Morgan fingerprint density at radius 1 is 1.10 bits per heavy atom. The van der Waals surface area contributed by atoms with Crippen molar-refractivity contribution in [2.24, 2.45) is 0 Å². The molecule has 0 radical (unpaired) electrons. The van der Waals surface area contributed by atoms with Crippen LogP contribution in [-0.4, -0.2) is 47.7 Å². The van der Waals surface area contributed by atoms with E-state index in [2.05, 4.69) is 5.32 Å². The van der Waals surface area contributed by atoms with Gasteiger partial charge in [0.05, 0.1) is 0 Å². The summed E-state index contributed by atoms with van der Waals surface area (Å²) in [5.41, 5.74) is 0.808. The van der Waals surface area contributed by atoms with Gasteiger partial charge in [0.1, 0.15) is 47.5 Å². The summed E-state index contributed by atoms with van der Waals surface area (Å²) in [6.45, 7) is 2.47. The number of rotatable bonds is 10. The molecule has 4 atom stereocenters. The molecule has 0 aliphatic carbocycles. The van der Waals surface area contributed by atoms with Gasteiger partial charge in [-0.1, -0.05) is 13.3 Å². The van der Waals surface area contributed by atoms with Crippen LogP contribution in [-0.2, 0) is 6.42 Å². The van der Waals surface area contributed by atoms with Crippen LogP contribution in [0.1, 0.15) is 31.7 Å². The molecular formula is C23H29F2NO4. The molecule has 0 saturated heterocycles. The Balaban J connectivity index is 1.46. The molecular weight excluding hydrogens is 392 g/mol. The summed E-state index contributed by atoms with van der Waals surface area (Å²) in [6, 6.07) is 10.1. The zero-order chi connectivity index (χ0) is 21.5. The number of hydrogen-bond acceptors (Lipinski definition) is 5. The molecule has 164 valence electrons. The molecule has 7 heteroatoms. The van der Waals surface area contributed by atoms with Crippen molar-refractivity contribution in [3.63, 3.8) is 0 Å². The van der Waals surface area contributed by atoms with E-state index < -0.39 is 24.4 Å². The third kappa shape index (κ3) is 6.14. The van der Waals surface area contributed by atoms with Crippen LogP contribution in [0.3, 0.4) is 0 Å². The molecule has 0 amide bonds. The van der Waals surface area contributed by atoms with Gasteiger partial charge >= 0.3 is 0 Å². The molecule has 0 aromatic heterocycles. The van der Waals surface area contributed by atoms with Crippen molar-refractivity contribution < 1.29 is 28.5 Å². The molecule has 0 fully saturated rings. The summed E-state index contributed by atoms with van der Waals surface area (Å²) in [7, 11) is 0. The molecule has 30 heavy (non-hydrogen) atoms. The Hall–Kier alpha value is -2.22. The molecule has 1 aliphatic rings. The van der Waals surface area contributed by atoms with E-state index in [0.717, 1.165) is 12.0 Å². The van der Waals surface area contributed by atoms with Crippen molar-refractivity contribution in [1.82, 2.24) is 5.32 Å². The number of aliphatic hydroxyl groups excluding tert-OH is 2. The van der Waals surface area contributed by atoms with Crippen LogP contribution in [0.4, 0.5) is 8.78 Å². The zero-order valence-corrected chi connectivity index (χ0v) is 17.1. The Labute approximate surface area is 175 Å². The molecule has 0 spiro atoms. The monoisotopic (exact) mass is 421 g/mol. The molecule has 1 aliphatic heterocycles. The van der Waals surface area contributed by atoms with E-state index in [1.807, 2.05) is 6.92 Å². The highest BCUT2D eigenvalue weighted by Gasteiger charge is 2.27. The molecule has 0 saturated carbocycles. The van der Waals surface area contributed by atoms with Crippen LogP contribution in [0.5, 0.6) is 11.5 Å². The fourth-order valence-corrected chi connectivity index (χ4v) is 3.59. The van der Waals surface area contributed by atoms with Crippen LogP contribution in [0.25, 0.3) is 0 Å². The number of aryl methyl sites for hydroxylation is 1. The van der Waals surface area contributed by atoms with E-state index in [1.165, 1.54) is 36.4 Å². The SMILES string of the molecule is CCCC(Oc1ccc(F)cc1)C(O)CNCC(O)C1CCc2cc(F)ccc2O1. The van der Waals surface area contributed by atoms with Crippen LogP contribution < -0.4 is 14.8 Å². The second-order valence-electron chi connectivity index (χ2n) is 7.64. The van der Waals surface area contributed by atoms with Crippen LogP contribution in [0.15, 0.2) is 42.5 Å². The van der Waals surface area contributed by atoms with E-state index >= 15 is 0 Å². The van der Waals surface area contributed by atoms with Gasteiger partial charge in [0.15, 0.2) is 0 Å². The Morgan fingerprint density at radius 3 is 2.57 bits per heavy atom. The zero-order valence-electron chi connectivity index (χ0n) is 17.1. The number of nitrogens with one attached hydrogen (secondary N) is 1. The lowest BCUT2D eigenvalue weighted by molar-refractivity contribution is 0.0117. The maximum atomic E-state index is 13.3. The number of benzene rings is 2. The van der Waals surface area contributed by atoms with Crippen LogP contribution in [0, 0.1) is 11.6 Å². The van der Waals surface area contributed by atoms with Crippen molar-refractivity contribution in [3.8, 4) is 11.5 Å². The molecule has 5 nitrogen and oxygen atoms in total. The highest BCUT2D eigenvalue weighted by atomic mass is 19.1. The first kappa shape index (κ1) is 22.5. The number of fused-ring (bicyclic) bond motifs is 1. The molecule has 4 unspecified atom stereocenters. The van der Waals surface area contributed by atoms with Crippen molar-refractivity contribution in [2.45, 2.75) is 57.0 Å². The third-order valence-corrected chi connectivity index (χ3v) is 5.24. The Kier molecular flexibility index (Phi) is 8.01. The molecule has 1 heterocycles. The Morgan fingerprint density at radius 2 is 1.83 bits per heavy atom. The van der Waals surface area contributed by atoms with E-state index in [9.17, 15) is 19.0 Å². The quantitative estimate of drug-likeness (QED) is 0.550. The maximum Gasteiger partial charge on any atom is 0.126 e. The molecule has 2 aromatic carbocycles. The Bertz CT molecular complexity index is 802. The number of halogens is 2. The van der Waals surface area contributed by atoms with Crippen molar-refractivity contribution >= 4 is 0 Å². The standard InChI is InChI=1S/C23H29F2NO4/c1-2-3-22(29-18-8-5-16(24)6-9-18)19(27)13-26-14-20(28)23-10-4-15-12-17(25)7-11-21(15)30-23/h5-9,11-12,19-20,22-23,26-28H,2-4,10,13-14H2,1H3. The predicted octanol–water partition coefficient (Wildman–Crippen LogP) is 3.22. The lowest BCUT2D eigenvalue weighted by Crippen LogP contribution is -2.45. The van der Waals surface area contributed by atoms with Crippen molar-refractivity contribution in [2.75, 3.05) is 13.1 Å². The lowest BCUT2D eigenvalue weighted by atomic mass is 9.99. The minimum atomic E-state index is -0.793. The van der Waals surface area contributed by atoms with E-state index in [1.54, 1.807) is 6.07 Å². The first-order chi connectivity index (χ1) is 14.5. The predicted molar refractivity (Wildman–Crippen MR) is 110 cm³/mol. The van der Waals surface area contributed by atoms with Gasteiger partial charge in [-0.25, -0.2) is 8.78 Å². The maximum absolute atomic E-state index is 13.3. The summed E-state index contributed by atoms with van der Waals surface area (Å²) in [4.78, 5) is 0. The third-order valence-electron chi connectivity index (χ3n) is 5.24. The second kappa shape index (κ2) is 10.7. The molecule has 0 bridgehead atoms. The van der Waals surface area contributed by atoms with Gasteiger partial charge < -0.3 is 25.0 Å². The van der Waals surface area contributed by atoms with Crippen molar-refractivity contribution in [3.05, 3.63) is 59.7 Å². The number of hydrogen-bond donors (Lipinski definition) is 3. The summed E-state index contributed by atoms with van der Waals surface area (Å²) < 4.78 is 38.0. The minimum Gasteiger partial charge on any atom is -0.488 e. The fraction of sp³-hybridized carbons (Fsp3) is 0.478. The largest absolute Gasteiger partial charge is 0.488 e. The van der Waals surface area contributed by atoms with Crippen LogP contribution in [0.2, 0.25) is 0 Å². The van der Waals surface area contributed by atoms with E-state index in [4.69, 9.17) is 9.47 Å². The van der Waals surface area contributed by atoms with Gasteiger partial charge in [-0.2, -0.15) is 0 Å². The average molecular weight is 421 g/mol. The van der Waals surface area contributed by atoms with Gasteiger partial charge in [-0.15, -0.1) is 0 Å². The topological polar surface area (TPSA) is 71.0 Å². The van der Waals surface area contributed by atoms with E-state index in [0.29, 0.717) is 30.8 Å². The highest BCUT2D eigenvalue weighted by Crippen LogP contribution is 2.29. The smallest absolute Gasteiger partial charge is 0.126 e. The summed E-state index contributed by atoms with van der Waals surface area (Å²) in [5.74, 6) is 0.460.